The molecule has 0 spiro atoms. The number of amides is 1. The Hall–Kier alpha value is -3.28. The van der Waals surface area contributed by atoms with Crippen molar-refractivity contribution in [3.8, 4) is 5.75 Å². The van der Waals surface area contributed by atoms with E-state index in [0.29, 0.717) is 13.0 Å². The molecule has 1 aliphatic rings. The van der Waals surface area contributed by atoms with Crippen LogP contribution in [0.5, 0.6) is 5.75 Å². The minimum Gasteiger partial charge on any atom is -0.489 e. The number of carbonyl (C=O) groups excluding carboxylic acids is 1. The maximum absolute atomic E-state index is 9.29. The van der Waals surface area contributed by atoms with Crippen molar-refractivity contribution in [2.24, 2.45) is 0 Å². The summed E-state index contributed by atoms with van der Waals surface area (Å²) >= 11 is 6.25. The van der Waals surface area contributed by atoms with Crippen LogP contribution >= 0.6 is 11.6 Å². The lowest BCUT2D eigenvalue weighted by Gasteiger charge is -2.33. The number of carbonyl (C=O) groups is 1. The summed E-state index contributed by atoms with van der Waals surface area (Å²) in [5.74, 6) is 0.889. The standard InChI is InChI=1S/C25H23ClN2O.C3H7NO/c1-28-14-13-21-22-15-19(26)9-12-23(22)27-24(21)25(28)18-7-10-20(11-8-18)29-16-17-5-3-2-4-6-17;1-2-4-3-5/h2-12,15,25,27H,13-14,16H2,1H3;3H,2H2,1H3,(H,4,5). The zero-order chi connectivity index (χ0) is 23.9. The Kier molecular flexibility index (Phi) is 7.88. The van der Waals surface area contributed by atoms with Gasteiger partial charge < -0.3 is 15.0 Å². The van der Waals surface area contributed by atoms with Gasteiger partial charge in [0.05, 0.1) is 6.04 Å². The van der Waals surface area contributed by atoms with E-state index in [4.69, 9.17) is 16.3 Å². The van der Waals surface area contributed by atoms with Crippen molar-refractivity contribution in [3.63, 3.8) is 0 Å². The number of nitrogens with zero attached hydrogens (tertiary/aromatic N) is 1. The van der Waals surface area contributed by atoms with Crippen LogP contribution in [0.4, 0.5) is 0 Å². The maximum atomic E-state index is 9.29. The van der Waals surface area contributed by atoms with Gasteiger partial charge in [0, 0.05) is 34.7 Å². The molecule has 0 saturated carbocycles. The van der Waals surface area contributed by atoms with E-state index in [2.05, 4.69) is 70.8 Å². The number of aromatic nitrogens is 1. The van der Waals surface area contributed by atoms with Crippen LogP contribution < -0.4 is 10.1 Å². The quantitative estimate of drug-likeness (QED) is 0.350. The maximum Gasteiger partial charge on any atom is 0.207 e. The molecule has 1 amide bonds. The summed E-state index contributed by atoms with van der Waals surface area (Å²) in [6, 6.07) is 25.0. The third-order valence-corrected chi connectivity index (χ3v) is 6.30. The third-order valence-electron chi connectivity index (χ3n) is 6.06. The molecule has 2 N–H and O–H groups in total. The highest BCUT2D eigenvalue weighted by Gasteiger charge is 2.29. The number of ether oxygens (including phenoxy) is 1. The fourth-order valence-electron chi connectivity index (χ4n) is 4.37. The van der Waals surface area contributed by atoms with E-state index in [1.165, 1.54) is 27.8 Å². The van der Waals surface area contributed by atoms with Gasteiger partial charge in [0.2, 0.25) is 6.41 Å². The zero-order valence-electron chi connectivity index (χ0n) is 19.6. The molecule has 3 aromatic carbocycles. The van der Waals surface area contributed by atoms with Gasteiger partial charge in [0.25, 0.3) is 0 Å². The van der Waals surface area contributed by atoms with Gasteiger partial charge in [-0.05, 0) is 67.4 Å². The molecule has 0 saturated heterocycles. The van der Waals surface area contributed by atoms with Crippen LogP contribution in [0, 0.1) is 0 Å². The van der Waals surface area contributed by atoms with Crippen molar-refractivity contribution < 1.29 is 9.53 Å². The largest absolute Gasteiger partial charge is 0.489 e. The van der Waals surface area contributed by atoms with Crippen molar-refractivity contribution >= 4 is 28.9 Å². The molecule has 176 valence electrons. The minimum atomic E-state index is 0.202. The third kappa shape index (κ3) is 5.44. The molecule has 1 aromatic heterocycles. The molecular weight excluding hydrogens is 446 g/mol. The molecule has 4 aromatic rings. The molecule has 0 aliphatic carbocycles. The molecule has 6 heteroatoms. The molecule has 0 radical (unpaired) electrons. The van der Waals surface area contributed by atoms with Crippen LogP contribution in [0.3, 0.4) is 0 Å². The van der Waals surface area contributed by atoms with E-state index < -0.39 is 0 Å². The molecule has 1 unspecified atom stereocenters. The second-order valence-corrected chi connectivity index (χ2v) is 8.80. The predicted molar refractivity (Wildman–Crippen MR) is 138 cm³/mol. The zero-order valence-corrected chi connectivity index (χ0v) is 20.3. The molecule has 5 rings (SSSR count). The van der Waals surface area contributed by atoms with Gasteiger partial charge in [-0.25, -0.2) is 0 Å². The summed E-state index contributed by atoms with van der Waals surface area (Å²) in [5, 5.41) is 4.46. The summed E-state index contributed by atoms with van der Waals surface area (Å²) < 4.78 is 5.96. The van der Waals surface area contributed by atoms with Crippen LogP contribution in [0.1, 0.15) is 35.3 Å². The highest BCUT2D eigenvalue weighted by molar-refractivity contribution is 6.31. The van der Waals surface area contributed by atoms with E-state index in [1.807, 2.05) is 31.2 Å². The normalized spacial score (nSPS) is 15.2. The summed E-state index contributed by atoms with van der Waals surface area (Å²) in [4.78, 5) is 15.3. The monoisotopic (exact) mass is 475 g/mol. The van der Waals surface area contributed by atoms with E-state index in [9.17, 15) is 4.79 Å². The number of nitrogens with one attached hydrogen (secondary N) is 2. The number of fused-ring (bicyclic) bond motifs is 3. The average molecular weight is 476 g/mol. The molecule has 0 fully saturated rings. The van der Waals surface area contributed by atoms with Crippen LogP contribution in [0.15, 0.2) is 72.8 Å². The Morgan fingerprint density at radius 1 is 1.12 bits per heavy atom. The topological polar surface area (TPSA) is 57.4 Å². The Labute approximate surface area is 205 Å². The molecule has 5 nitrogen and oxygen atoms in total. The number of halogens is 1. The number of hydrogen-bond acceptors (Lipinski definition) is 3. The van der Waals surface area contributed by atoms with Gasteiger partial charge in [-0.15, -0.1) is 0 Å². The SMILES string of the molecule is CCNC=O.CN1CCc2c([nH]c3ccc(Cl)cc23)C1c1ccc(OCc2ccccc2)cc1. The molecule has 0 bridgehead atoms. The Balaban J connectivity index is 0.000000499. The Morgan fingerprint density at radius 2 is 1.88 bits per heavy atom. The van der Waals surface area contributed by atoms with Crippen LogP contribution in [-0.4, -0.2) is 36.4 Å². The van der Waals surface area contributed by atoms with Crippen molar-refractivity contribution in [1.29, 1.82) is 0 Å². The number of H-pyrrole nitrogens is 1. The lowest BCUT2D eigenvalue weighted by Crippen LogP contribution is -2.32. The number of likely N-dealkylation sites (N-methyl/N-ethyl adjacent to an activating group) is 1. The lowest BCUT2D eigenvalue weighted by molar-refractivity contribution is -0.109. The fourth-order valence-corrected chi connectivity index (χ4v) is 4.54. The van der Waals surface area contributed by atoms with E-state index in [1.54, 1.807) is 0 Å². The number of hydrogen-bond donors (Lipinski definition) is 2. The van der Waals surface area contributed by atoms with Gasteiger partial charge in [0.15, 0.2) is 0 Å². The van der Waals surface area contributed by atoms with Crippen molar-refractivity contribution in [2.75, 3.05) is 20.1 Å². The van der Waals surface area contributed by atoms with Crippen molar-refractivity contribution in [3.05, 3.63) is 100 Å². The van der Waals surface area contributed by atoms with Crippen LogP contribution in [0.25, 0.3) is 10.9 Å². The average Bonchev–Trinajstić information content (AvgIpc) is 3.22. The second-order valence-electron chi connectivity index (χ2n) is 8.36. The number of rotatable bonds is 6. The predicted octanol–water partition coefficient (Wildman–Crippen LogP) is 5.73. The second kappa shape index (κ2) is 11.2. The van der Waals surface area contributed by atoms with Gasteiger partial charge in [0.1, 0.15) is 12.4 Å². The van der Waals surface area contributed by atoms with Gasteiger partial charge >= 0.3 is 0 Å². The smallest absolute Gasteiger partial charge is 0.207 e. The van der Waals surface area contributed by atoms with E-state index >= 15 is 0 Å². The minimum absolute atomic E-state index is 0.202. The lowest BCUT2D eigenvalue weighted by atomic mass is 9.93. The number of aromatic amines is 1. The first kappa shape index (κ1) is 23.9. The summed E-state index contributed by atoms with van der Waals surface area (Å²) in [6.45, 7) is 4.19. The molecule has 34 heavy (non-hydrogen) atoms. The highest BCUT2D eigenvalue weighted by atomic mass is 35.5. The number of benzene rings is 3. The van der Waals surface area contributed by atoms with Crippen LogP contribution in [0.2, 0.25) is 5.02 Å². The van der Waals surface area contributed by atoms with Gasteiger partial charge in [-0.3, -0.25) is 9.69 Å². The van der Waals surface area contributed by atoms with Crippen LogP contribution in [-0.2, 0) is 17.8 Å². The van der Waals surface area contributed by atoms with Crippen molar-refractivity contribution in [1.82, 2.24) is 15.2 Å². The highest BCUT2D eigenvalue weighted by Crippen LogP contribution is 2.38. The summed E-state index contributed by atoms with van der Waals surface area (Å²) in [5.41, 5.74) is 6.25. The summed E-state index contributed by atoms with van der Waals surface area (Å²) in [6.07, 6.45) is 1.71. The first-order chi connectivity index (χ1) is 16.6. The van der Waals surface area contributed by atoms with Gasteiger partial charge in [-0.2, -0.15) is 0 Å². The molecule has 1 aliphatic heterocycles. The van der Waals surface area contributed by atoms with E-state index in [0.717, 1.165) is 35.8 Å². The van der Waals surface area contributed by atoms with Gasteiger partial charge in [-0.1, -0.05) is 54.1 Å². The molecule has 1 atom stereocenters. The molecule has 2 heterocycles. The first-order valence-electron chi connectivity index (χ1n) is 11.5. The van der Waals surface area contributed by atoms with E-state index in [-0.39, 0.29) is 6.04 Å². The Morgan fingerprint density at radius 3 is 2.56 bits per heavy atom. The first-order valence-corrected chi connectivity index (χ1v) is 11.9. The molecular formula is C28H30ClN3O2. The van der Waals surface area contributed by atoms with Crippen molar-refractivity contribution in [2.45, 2.75) is 26.0 Å². The Bertz CT molecular complexity index is 1220. The fraction of sp³-hybridized carbons (Fsp3) is 0.250. The summed E-state index contributed by atoms with van der Waals surface area (Å²) in [7, 11) is 2.19.